The Labute approximate surface area is 157 Å². The quantitative estimate of drug-likeness (QED) is 0.116. The number of rotatable bonds is 15. The molecule has 1 aromatic rings. The van der Waals surface area contributed by atoms with Gasteiger partial charge >= 0.3 is 0 Å². The predicted octanol–water partition coefficient (Wildman–Crippen LogP) is 6.83. The third-order valence-corrected chi connectivity index (χ3v) is 4.59. The van der Waals surface area contributed by atoms with Crippen LogP contribution in [0.4, 0.5) is 13.2 Å². The minimum absolute atomic E-state index is 0.118. The Morgan fingerprint density at radius 3 is 2.04 bits per heavy atom. The molecule has 0 aliphatic heterocycles. The fourth-order valence-electron chi connectivity index (χ4n) is 2.57. The molecule has 1 N–H and O–H groups in total. The second kappa shape index (κ2) is 14.1. The Morgan fingerprint density at radius 2 is 1.46 bits per heavy atom. The highest BCUT2D eigenvalue weighted by Crippen LogP contribution is 2.32. The lowest BCUT2D eigenvalue weighted by Gasteiger charge is -2.10. The standard InChI is InChI=1S/C18H27F3O4S/c1-2-3-4-5-6-7-8-9-10-11-12-23-18-14(19)13-15(26-25-24-22)16(20)17(18)21/h13,22H,2-12H2,1H3. The van der Waals surface area contributed by atoms with Crippen molar-refractivity contribution in [2.45, 2.75) is 76.0 Å². The molecule has 26 heavy (non-hydrogen) atoms. The van der Waals surface area contributed by atoms with Crippen molar-refractivity contribution >= 4 is 12.0 Å². The molecule has 0 radical (unpaired) electrons. The van der Waals surface area contributed by atoms with E-state index in [0.717, 1.165) is 25.3 Å². The minimum Gasteiger partial charge on any atom is -0.488 e. The van der Waals surface area contributed by atoms with E-state index in [4.69, 9.17) is 9.99 Å². The molecule has 0 amide bonds. The molecule has 0 aromatic heterocycles. The summed E-state index contributed by atoms with van der Waals surface area (Å²) < 4.78 is 50.4. The van der Waals surface area contributed by atoms with E-state index in [1.165, 1.54) is 38.5 Å². The fourth-order valence-corrected chi connectivity index (χ4v) is 2.98. The highest BCUT2D eigenvalue weighted by molar-refractivity contribution is 7.94. The summed E-state index contributed by atoms with van der Waals surface area (Å²) >= 11 is 0.147. The first kappa shape index (κ1) is 23.1. The van der Waals surface area contributed by atoms with Gasteiger partial charge in [-0.15, -0.1) is 4.33 Å². The lowest BCUT2D eigenvalue weighted by molar-refractivity contribution is -0.432. The summed E-state index contributed by atoms with van der Waals surface area (Å²) in [6.07, 6.45) is 11.3. The average Bonchev–Trinajstić information content (AvgIpc) is 2.64. The molecule has 0 spiro atoms. The topological polar surface area (TPSA) is 47.9 Å². The van der Waals surface area contributed by atoms with E-state index in [9.17, 15) is 13.2 Å². The summed E-state index contributed by atoms with van der Waals surface area (Å²) in [5.41, 5.74) is 0. The molecule has 0 atom stereocenters. The lowest BCUT2D eigenvalue weighted by Crippen LogP contribution is -2.04. The first-order chi connectivity index (χ1) is 12.6. The van der Waals surface area contributed by atoms with Gasteiger partial charge in [0.2, 0.25) is 5.82 Å². The van der Waals surface area contributed by atoms with Crippen LogP contribution < -0.4 is 4.74 Å². The number of halogens is 3. The number of hydrogen-bond donors (Lipinski definition) is 1. The van der Waals surface area contributed by atoms with E-state index in [1.807, 2.05) is 0 Å². The van der Waals surface area contributed by atoms with Crippen LogP contribution in [0.3, 0.4) is 0 Å². The zero-order chi connectivity index (χ0) is 19.2. The maximum absolute atomic E-state index is 13.8. The van der Waals surface area contributed by atoms with E-state index in [0.29, 0.717) is 6.42 Å². The maximum Gasteiger partial charge on any atom is 0.204 e. The number of hydrogen-bond acceptors (Lipinski definition) is 5. The zero-order valence-corrected chi connectivity index (χ0v) is 15.9. The molecule has 0 saturated heterocycles. The van der Waals surface area contributed by atoms with Crippen LogP contribution in [0.1, 0.15) is 71.1 Å². The third kappa shape index (κ3) is 8.62. The monoisotopic (exact) mass is 396 g/mol. The van der Waals surface area contributed by atoms with E-state index in [-0.39, 0.29) is 18.6 Å². The molecular weight excluding hydrogens is 369 g/mol. The second-order valence-corrected chi connectivity index (χ2v) is 6.81. The van der Waals surface area contributed by atoms with Crippen LogP contribution in [0.25, 0.3) is 0 Å². The van der Waals surface area contributed by atoms with Gasteiger partial charge in [0.1, 0.15) is 0 Å². The largest absolute Gasteiger partial charge is 0.488 e. The molecular formula is C18H27F3O4S. The van der Waals surface area contributed by atoms with Gasteiger partial charge in [-0.1, -0.05) is 69.7 Å². The van der Waals surface area contributed by atoms with Gasteiger partial charge in [-0.2, -0.15) is 4.39 Å². The average molecular weight is 396 g/mol. The summed E-state index contributed by atoms with van der Waals surface area (Å²) in [4.78, 5) is -0.500. The number of benzene rings is 1. The zero-order valence-electron chi connectivity index (χ0n) is 15.1. The van der Waals surface area contributed by atoms with Crippen LogP contribution in [0.2, 0.25) is 0 Å². The van der Waals surface area contributed by atoms with Crippen LogP contribution in [0.5, 0.6) is 5.75 Å². The Balaban J connectivity index is 2.24. The van der Waals surface area contributed by atoms with Gasteiger partial charge in [0.15, 0.2) is 17.4 Å². The van der Waals surface area contributed by atoms with E-state index >= 15 is 0 Å². The van der Waals surface area contributed by atoms with Gasteiger partial charge in [0, 0.05) is 0 Å². The van der Waals surface area contributed by atoms with Crippen LogP contribution in [-0.4, -0.2) is 11.9 Å². The molecule has 0 fully saturated rings. The molecule has 0 heterocycles. The van der Waals surface area contributed by atoms with Gasteiger partial charge in [-0.25, -0.2) is 14.0 Å². The number of unbranched alkanes of at least 4 members (excludes halogenated alkanes) is 9. The fraction of sp³-hybridized carbons (Fsp3) is 0.667. The lowest BCUT2D eigenvalue weighted by atomic mass is 10.1. The highest BCUT2D eigenvalue weighted by Gasteiger charge is 2.21. The van der Waals surface area contributed by atoms with Crippen molar-refractivity contribution in [2.75, 3.05) is 6.61 Å². The number of ether oxygens (including phenoxy) is 1. The van der Waals surface area contributed by atoms with Crippen molar-refractivity contribution in [3.8, 4) is 5.75 Å². The summed E-state index contributed by atoms with van der Waals surface area (Å²) in [6, 6.07) is 0.718. The van der Waals surface area contributed by atoms with Gasteiger partial charge in [-0.05, 0) is 12.5 Å². The van der Waals surface area contributed by atoms with Crippen molar-refractivity contribution in [2.24, 2.45) is 0 Å². The van der Waals surface area contributed by atoms with E-state index in [1.54, 1.807) is 0 Å². The molecule has 0 saturated carbocycles. The highest BCUT2D eigenvalue weighted by atomic mass is 32.2. The molecule has 1 rings (SSSR count). The smallest absolute Gasteiger partial charge is 0.204 e. The van der Waals surface area contributed by atoms with Gasteiger partial charge in [0.05, 0.1) is 23.5 Å². The van der Waals surface area contributed by atoms with Crippen LogP contribution in [0, 0.1) is 17.5 Å². The molecule has 4 nitrogen and oxygen atoms in total. The molecule has 1 aromatic carbocycles. The van der Waals surface area contributed by atoms with Crippen molar-refractivity contribution < 1.29 is 32.5 Å². The SMILES string of the molecule is CCCCCCCCCCCCOc1c(F)cc(SOOO)c(F)c1F. The summed E-state index contributed by atoms with van der Waals surface area (Å²) in [6.45, 7) is 2.31. The van der Waals surface area contributed by atoms with Crippen LogP contribution in [-0.2, 0) is 9.37 Å². The van der Waals surface area contributed by atoms with Crippen molar-refractivity contribution in [3.05, 3.63) is 23.5 Å². The van der Waals surface area contributed by atoms with Crippen LogP contribution >= 0.6 is 12.0 Å². The first-order valence-electron chi connectivity index (χ1n) is 9.06. The first-order valence-corrected chi connectivity index (χ1v) is 9.81. The summed E-state index contributed by atoms with van der Waals surface area (Å²) in [7, 11) is 0. The van der Waals surface area contributed by atoms with Crippen molar-refractivity contribution in [3.63, 3.8) is 0 Å². The van der Waals surface area contributed by atoms with Gasteiger partial charge < -0.3 is 4.74 Å². The van der Waals surface area contributed by atoms with Crippen LogP contribution in [0.15, 0.2) is 11.0 Å². The van der Waals surface area contributed by atoms with Gasteiger partial charge in [0.25, 0.3) is 0 Å². The second-order valence-electron chi connectivity index (χ2n) is 6.07. The van der Waals surface area contributed by atoms with Crippen molar-refractivity contribution in [1.29, 1.82) is 0 Å². The molecule has 0 aliphatic rings. The van der Waals surface area contributed by atoms with E-state index < -0.39 is 28.1 Å². The summed E-state index contributed by atoms with van der Waals surface area (Å²) in [5, 5.41) is 11.3. The predicted molar refractivity (Wildman–Crippen MR) is 94.3 cm³/mol. The Kier molecular flexibility index (Phi) is 12.6. The molecule has 150 valence electrons. The van der Waals surface area contributed by atoms with Gasteiger partial charge in [-0.3, -0.25) is 0 Å². The Morgan fingerprint density at radius 1 is 0.885 bits per heavy atom. The Bertz CT molecular complexity index is 518. The maximum atomic E-state index is 13.8. The molecule has 8 heteroatoms. The normalized spacial score (nSPS) is 11.1. The Hall–Kier alpha value is -0.960. The molecule has 0 aliphatic carbocycles. The minimum atomic E-state index is -1.43. The molecule has 0 unspecified atom stereocenters. The third-order valence-electron chi connectivity index (χ3n) is 3.98. The van der Waals surface area contributed by atoms with E-state index in [2.05, 4.69) is 16.3 Å². The van der Waals surface area contributed by atoms with Crippen molar-refractivity contribution in [1.82, 2.24) is 0 Å². The molecule has 0 bridgehead atoms. The summed E-state index contributed by atoms with van der Waals surface area (Å²) in [5.74, 6) is -4.54.